The SMILES string of the molecule is COc1cc(CN[C@@H]2CCC[C@H](C)[C@@H]2C)ccc1OCc1c(C)noc1C. The maximum absolute atomic E-state index is 5.97. The van der Waals surface area contributed by atoms with Crippen LogP contribution in [0.3, 0.4) is 0 Å². The van der Waals surface area contributed by atoms with E-state index in [1.165, 1.54) is 24.8 Å². The van der Waals surface area contributed by atoms with Gasteiger partial charge in [-0.1, -0.05) is 37.9 Å². The molecule has 1 aliphatic rings. The van der Waals surface area contributed by atoms with E-state index in [4.69, 9.17) is 14.0 Å². The summed E-state index contributed by atoms with van der Waals surface area (Å²) in [6, 6.07) is 6.75. The van der Waals surface area contributed by atoms with Crippen LogP contribution in [-0.2, 0) is 13.2 Å². The van der Waals surface area contributed by atoms with E-state index in [1.54, 1.807) is 7.11 Å². The number of aryl methyl sites for hydroxylation is 2. The summed E-state index contributed by atoms with van der Waals surface area (Å²) in [5.74, 6) is 3.80. The fraction of sp³-hybridized carbons (Fsp3) is 0.591. The first-order valence-corrected chi connectivity index (χ1v) is 9.94. The average Bonchev–Trinajstić information content (AvgIpc) is 2.99. The van der Waals surface area contributed by atoms with Gasteiger partial charge >= 0.3 is 0 Å². The highest BCUT2D eigenvalue weighted by atomic mass is 16.5. The van der Waals surface area contributed by atoms with Gasteiger partial charge in [0.1, 0.15) is 12.4 Å². The van der Waals surface area contributed by atoms with E-state index in [-0.39, 0.29) is 0 Å². The van der Waals surface area contributed by atoms with Crippen molar-refractivity contribution in [3.8, 4) is 11.5 Å². The van der Waals surface area contributed by atoms with E-state index in [9.17, 15) is 0 Å². The molecule has 1 aromatic heterocycles. The largest absolute Gasteiger partial charge is 0.493 e. The van der Waals surface area contributed by atoms with Crippen molar-refractivity contribution in [2.75, 3.05) is 7.11 Å². The summed E-state index contributed by atoms with van der Waals surface area (Å²) in [5.41, 5.74) is 3.06. The van der Waals surface area contributed by atoms with Gasteiger partial charge in [0.2, 0.25) is 0 Å². The van der Waals surface area contributed by atoms with Crippen LogP contribution in [0.15, 0.2) is 22.7 Å². The molecule has 0 amide bonds. The number of benzene rings is 1. The molecule has 148 valence electrons. The second-order valence-electron chi connectivity index (χ2n) is 7.83. The van der Waals surface area contributed by atoms with Gasteiger partial charge in [-0.2, -0.15) is 0 Å². The molecule has 1 aromatic carbocycles. The number of methoxy groups -OCH3 is 1. The van der Waals surface area contributed by atoms with Crippen molar-refractivity contribution in [1.82, 2.24) is 10.5 Å². The van der Waals surface area contributed by atoms with Crippen molar-refractivity contribution in [2.24, 2.45) is 11.8 Å². The van der Waals surface area contributed by atoms with Crippen LogP contribution in [0, 0.1) is 25.7 Å². The van der Waals surface area contributed by atoms with Crippen molar-refractivity contribution >= 4 is 0 Å². The van der Waals surface area contributed by atoms with Crippen molar-refractivity contribution in [2.45, 2.75) is 66.2 Å². The maximum Gasteiger partial charge on any atom is 0.161 e. The van der Waals surface area contributed by atoms with Gasteiger partial charge in [-0.05, 0) is 49.8 Å². The van der Waals surface area contributed by atoms with Gasteiger partial charge in [-0.15, -0.1) is 0 Å². The molecule has 1 heterocycles. The van der Waals surface area contributed by atoms with Crippen molar-refractivity contribution in [3.05, 3.63) is 40.8 Å². The third-order valence-electron chi connectivity index (χ3n) is 6.06. The number of rotatable bonds is 7. The third kappa shape index (κ3) is 4.64. The predicted molar refractivity (Wildman–Crippen MR) is 106 cm³/mol. The number of ether oxygens (including phenoxy) is 2. The number of aromatic nitrogens is 1. The molecule has 1 fully saturated rings. The van der Waals surface area contributed by atoms with E-state index >= 15 is 0 Å². The van der Waals surface area contributed by atoms with Crippen molar-refractivity contribution in [1.29, 1.82) is 0 Å². The number of hydrogen-bond donors (Lipinski definition) is 1. The number of nitrogens with one attached hydrogen (secondary N) is 1. The first-order valence-electron chi connectivity index (χ1n) is 9.94. The van der Waals surface area contributed by atoms with Crippen LogP contribution in [0.4, 0.5) is 0 Å². The smallest absolute Gasteiger partial charge is 0.161 e. The Bertz CT molecular complexity index is 737. The molecular weight excluding hydrogens is 340 g/mol. The van der Waals surface area contributed by atoms with Crippen molar-refractivity contribution in [3.63, 3.8) is 0 Å². The third-order valence-corrected chi connectivity index (χ3v) is 6.06. The molecule has 0 radical (unpaired) electrons. The Hall–Kier alpha value is -2.01. The molecule has 0 saturated heterocycles. The summed E-state index contributed by atoms with van der Waals surface area (Å²) < 4.78 is 16.7. The molecule has 27 heavy (non-hydrogen) atoms. The van der Waals surface area contributed by atoms with Crippen LogP contribution in [0.1, 0.15) is 55.7 Å². The van der Waals surface area contributed by atoms with E-state index < -0.39 is 0 Å². The molecule has 5 nitrogen and oxygen atoms in total. The zero-order valence-corrected chi connectivity index (χ0v) is 17.2. The summed E-state index contributed by atoms with van der Waals surface area (Å²) >= 11 is 0. The molecule has 1 aliphatic carbocycles. The highest BCUT2D eigenvalue weighted by Crippen LogP contribution is 2.31. The summed E-state index contributed by atoms with van der Waals surface area (Å²) in [7, 11) is 1.68. The standard InChI is InChI=1S/C22H32N2O3/c1-14-7-6-8-20(15(14)2)23-12-18-9-10-21(22(11-18)25-5)26-13-19-16(3)24-27-17(19)4/h9-11,14-15,20,23H,6-8,12-13H2,1-5H3/t14-,15-,20+/m0/s1. The van der Waals surface area contributed by atoms with Crippen LogP contribution < -0.4 is 14.8 Å². The molecule has 2 aromatic rings. The summed E-state index contributed by atoms with van der Waals surface area (Å²) in [6.07, 6.45) is 3.94. The number of nitrogens with zero attached hydrogens (tertiary/aromatic N) is 1. The fourth-order valence-corrected chi connectivity index (χ4v) is 3.92. The van der Waals surface area contributed by atoms with E-state index in [2.05, 4.69) is 36.5 Å². The molecule has 1 saturated carbocycles. The normalized spacial score (nSPS) is 22.6. The quantitative estimate of drug-likeness (QED) is 0.757. The Morgan fingerprint density at radius 3 is 2.70 bits per heavy atom. The molecule has 0 bridgehead atoms. The fourth-order valence-electron chi connectivity index (χ4n) is 3.92. The molecule has 0 aliphatic heterocycles. The highest BCUT2D eigenvalue weighted by Gasteiger charge is 2.26. The Balaban J connectivity index is 1.62. The maximum atomic E-state index is 5.97. The van der Waals surface area contributed by atoms with Crippen LogP contribution in [-0.4, -0.2) is 18.3 Å². The van der Waals surface area contributed by atoms with Gasteiger partial charge in [0.15, 0.2) is 11.5 Å². The van der Waals surface area contributed by atoms with Gasteiger partial charge in [0, 0.05) is 12.6 Å². The van der Waals surface area contributed by atoms with Crippen LogP contribution >= 0.6 is 0 Å². The van der Waals surface area contributed by atoms with Gasteiger partial charge in [-0.3, -0.25) is 0 Å². The Morgan fingerprint density at radius 1 is 1.19 bits per heavy atom. The molecular formula is C22H32N2O3. The Kier molecular flexibility index (Phi) is 6.42. The summed E-state index contributed by atoms with van der Waals surface area (Å²) in [4.78, 5) is 0. The van der Waals surface area contributed by atoms with Crippen molar-refractivity contribution < 1.29 is 14.0 Å². The lowest BCUT2D eigenvalue weighted by molar-refractivity contribution is 0.206. The van der Waals surface area contributed by atoms with Crippen LogP contribution in [0.25, 0.3) is 0 Å². The van der Waals surface area contributed by atoms with Gasteiger partial charge in [0.25, 0.3) is 0 Å². The lowest BCUT2D eigenvalue weighted by Gasteiger charge is -2.34. The van der Waals surface area contributed by atoms with Crippen LogP contribution in [0.2, 0.25) is 0 Å². The first kappa shape index (κ1) is 19.7. The zero-order chi connectivity index (χ0) is 19.4. The average molecular weight is 373 g/mol. The zero-order valence-electron chi connectivity index (χ0n) is 17.2. The highest BCUT2D eigenvalue weighted by molar-refractivity contribution is 5.43. The lowest BCUT2D eigenvalue weighted by atomic mass is 9.78. The first-order chi connectivity index (χ1) is 13.0. The topological polar surface area (TPSA) is 56.5 Å². The molecule has 0 unspecified atom stereocenters. The van der Waals surface area contributed by atoms with E-state index in [0.29, 0.717) is 12.6 Å². The van der Waals surface area contributed by atoms with E-state index in [0.717, 1.165) is 46.9 Å². The van der Waals surface area contributed by atoms with E-state index in [1.807, 2.05) is 19.9 Å². The van der Waals surface area contributed by atoms with Gasteiger partial charge in [0.05, 0.1) is 18.4 Å². The molecule has 1 N–H and O–H groups in total. The van der Waals surface area contributed by atoms with Gasteiger partial charge in [-0.25, -0.2) is 0 Å². The molecule has 3 atom stereocenters. The lowest BCUT2D eigenvalue weighted by Crippen LogP contribution is -2.40. The summed E-state index contributed by atoms with van der Waals surface area (Å²) in [6.45, 7) is 9.83. The molecule has 3 rings (SSSR count). The predicted octanol–water partition coefficient (Wildman–Crippen LogP) is 4.79. The molecule has 5 heteroatoms. The van der Waals surface area contributed by atoms with Crippen LogP contribution in [0.5, 0.6) is 11.5 Å². The van der Waals surface area contributed by atoms with Gasteiger partial charge < -0.3 is 19.3 Å². The Morgan fingerprint density at radius 2 is 2.00 bits per heavy atom. The second-order valence-corrected chi connectivity index (χ2v) is 7.83. The minimum Gasteiger partial charge on any atom is -0.493 e. The minimum absolute atomic E-state index is 0.423. The second kappa shape index (κ2) is 8.79. The number of hydrogen-bond acceptors (Lipinski definition) is 5. The molecule has 0 spiro atoms. The Labute approximate surface area is 162 Å². The minimum atomic E-state index is 0.423. The monoisotopic (exact) mass is 372 g/mol. The summed E-state index contributed by atoms with van der Waals surface area (Å²) in [5, 5.41) is 7.71.